The molecule has 6 nitrogen and oxygen atoms in total. The zero-order valence-corrected chi connectivity index (χ0v) is 15.0. The van der Waals surface area contributed by atoms with Crippen LogP contribution in [0.3, 0.4) is 0 Å². The second kappa shape index (κ2) is 7.59. The average Bonchev–Trinajstić information content (AvgIpc) is 2.88. The normalized spacial score (nSPS) is 18.3. The van der Waals surface area contributed by atoms with Gasteiger partial charge in [-0.25, -0.2) is 9.79 Å². The maximum Gasteiger partial charge on any atom is 0.354 e. The van der Waals surface area contributed by atoms with Gasteiger partial charge in [-0.3, -0.25) is 4.79 Å². The highest BCUT2D eigenvalue weighted by Crippen LogP contribution is 2.45. The van der Waals surface area contributed by atoms with Crippen LogP contribution in [0.5, 0.6) is 0 Å². The average molecular weight is 345 g/mol. The van der Waals surface area contributed by atoms with Gasteiger partial charge in [-0.05, 0) is 45.7 Å². The van der Waals surface area contributed by atoms with Crippen LogP contribution in [0, 0.1) is 6.92 Å². The fourth-order valence-corrected chi connectivity index (χ4v) is 3.04. The molecule has 0 aromatic heterocycles. The highest BCUT2D eigenvalue weighted by atomic mass is 16.5. The Kier molecular flexibility index (Phi) is 5.72. The number of carbonyl (C=O) groups is 3. The smallest absolute Gasteiger partial charge is 0.354 e. The molecule has 1 aromatic carbocycles. The first-order valence-electron chi connectivity index (χ1n) is 8.40. The summed E-state index contributed by atoms with van der Waals surface area (Å²) in [5, 5.41) is 0. The van der Waals surface area contributed by atoms with Crippen molar-refractivity contribution < 1.29 is 23.9 Å². The number of aryl methyl sites for hydroxylation is 1. The predicted molar refractivity (Wildman–Crippen MR) is 93.1 cm³/mol. The first-order valence-corrected chi connectivity index (χ1v) is 8.40. The Bertz CT molecular complexity index is 737. The first-order chi connectivity index (χ1) is 11.9. The topological polar surface area (TPSA) is 82.0 Å². The van der Waals surface area contributed by atoms with Crippen LogP contribution in [0.1, 0.15) is 44.7 Å². The fraction of sp³-hybridized carbons (Fsp3) is 0.474. The number of benzene rings is 1. The standard InChI is InChI=1S/C19H23NO5/c1-5-24-17(22)16-19(10-9-13(4)21,18(23)25-6-2)14-8-7-12(3)11-15(14)20-16/h7-8,11H,5-6,9-10H2,1-4H3. The van der Waals surface area contributed by atoms with E-state index >= 15 is 0 Å². The van der Waals surface area contributed by atoms with Crippen molar-refractivity contribution in [3.8, 4) is 0 Å². The Balaban J connectivity index is 2.65. The number of ether oxygens (including phenoxy) is 2. The number of aliphatic imine (C=N–C) groups is 1. The van der Waals surface area contributed by atoms with Gasteiger partial charge in [-0.1, -0.05) is 12.1 Å². The largest absolute Gasteiger partial charge is 0.465 e. The lowest BCUT2D eigenvalue weighted by Gasteiger charge is -2.28. The van der Waals surface area contributed by atoms with Crippen LogP contribution in [0.2, 0.25) is 0 Å². The van der Waals surface area contributed by atoms with Crippen LogP contribution in [-0.2, 0) is 29.3 Å². The van der Waals surface area contributed by atoms with Gasteiger partial charge >= 0.3 is 11.9 Å². The van der Waals surface area contributed by atoms with Gasteiger partial charge in [0.25, 0.3) is 0 Å². The van der Waals surface area contributed by atoms with Gasteiger partial charge in [0.2, 0.25) is 0 Å². The summed E-state index contributed by atoms with van der Waals surface area (Å²) < 4.78 is 10.4. The summed E-state index contributed by atoms with van der Waals surface area (Å²) in [6.45, 7) is 7.07. The number of rotatable bonds is 7. The molecule has 0 N–H and O–H groups in total. The van der Waals surface area contributed by atoms with Crippen LogP contribution >= 0.6 is 0 Å². The minimum Gasteiger partial charge on any atom is -0.465 e. The lowest BCUT2D eigenvalue weighted by atomic mass is 9.73. The van der Waals surface area contributed by atoms with Gasteiger partial charge in [0.15, 0.2) is 0 Å². The summed E-state index contributed by atoms with van der Waals surface area (Å²) in [7, 11) is 0. The van der Waals surface area contributed by atoms with Crippen LogP contribution in [0.25, 0.3) is 0 Å². The van der Waals surface area contributed by atoms with E-state index in [1.165, 1.54) is 6.92 Å². The van der Waals surface area contributed by atoms with E-state index in [1.807, 2.05) is 19.1 Å². The van der Waals surface area contributed by atoms with Crippen molar-refractivity contribution in [3.63, 3.8) is 0 Å². The molecule has 2 rings (SSSR count). The molecular formula is C19H23NO5. The van der Waals surface area contributed by atoms with Crippen LogP contribution in [0.15, 0.2) is 23.2 Å². The number of hydrogen-bond acceptors (Lipinski definition) is 6. The lowest BCUT2D eigenvalue weighted by Crippen LogP contribution is -2.47. The molecule has 1 aromatic rings. The number of Topliss-reactive ketones (excluding diaryl/α,β-unsaturated/α-hetero) is 1. The summed E-state index contributed by atoms with van der Waals surface area (Å²) in [6, 6.07) is 5.44. The van der Waals surface area contributed by atoms with Gasteiger partial charge in [-0.2, -0.15) is 0 Å². The number of fused-ring (bicyclic) bond motifs is 1. The van der Waals surface area contributed by atoms with Crippen LogP contribution < -0.4 is 0 Å². The molecule has 0 saturated heterocycles. The maximum absolute atomic E-state index is 12.9. The minimum atomic E-state index is -1.41. The molecule has 0 bridgehead atoms. The van der Waals surface area contributed by atoms with E-state index in [1.54, 1.807) is 19.9 Å². The SMILES string of the molecule is CCOC(=O)C1=Nc2cc(C)ccc2C1(CCC(C)=O)C(=O)OCC. The van der Waals surface area contributed by atoms with Crippen molar-refractivity contribution >= 4 is 29.1 Å². The summed E-state index contributed by atoms with van der Waals surface area (Å²) >= 11 is 0. The summed E-state index contributed by atoms with van der Waals surface area (Å²) in [4.78, 5) is 41.4. The molecule has 0 saturated carbocycles. The second-order valence-electron chi connectivity index (χ2n) is 6.03. The van der Waals surface area contributed by atoms with E-state index < -0.39 is 17.4 Å². The first kappa shape index (κ1) is 18.8. The van der Waals surface area contributed by atoms with E-state index in [9.17, 15) is 14.4 Å². The zero-order chi connectivity index (χ0) is 18.6. The second-order valence-corrected chi connectivity index (χ2v) is 6.03. The molecule has 0 fully saturated rings. The molecule has 0 aliphatic carbocycles. The molecule has 0 radical (unpaired) electrons. The van der Waals surface area contributed by atoms with Crippen molar-refractivity contribution in [1.82, 2.24) is 0 Å². The Morgan fingerprint density at radius 3 is 2.40 bits per heavy atom. The van der Waals surface area contributed by atoms with Crippen molar-refractivity contribution in [3.05, 3.63) is 29.3 Å². The van der Waals surface area contributed by atoms with Gasteiger partial charge in [0.05, 0.1) is 18.9 Å². The van der Waals surface area contributed by atoms with E-state index in [0.29, 0.717) is 11.3 Å². The fourth-order valence-electron chi connectivity index (χ4n) is 3.04. The molecule has 0 amide bonds. The Morgan fingerprint density at radius 1 is 1.12 bits per heavy atom. The summed E-state index contributed by atoms with van der Waals surface area (Å²) in [5.41, 5.74) is 0.670. The quantitative estimate of drug-likeness (QED) is 0.710. The molecule has 1 aliphatic rings. The number of esters is 2. The van der Waals surface area contributed by atoms with Crippen molar-refractivity contribution in [1.29, 1.82) is 0 Å². The number of hydrogen-bond donors (Lipinski definition) is 0. The highest BCUT2D eigenvalue weighted by Gasteiger charge is 2.54. The molecule has 1 atom stereocenters. The minimum absolute atomic E-state index is 0.00495. The Morgan fingerprint density at radius 2 is 1.80 bits per heavy atom. The third-order valence-electron chi connectivity index (χ3n) is 4.19. The number of nitrogens with zero attached hydrogens (tertiary/aromatic N) is 1. The van der Waals surface area contributed by atoms with Gasteiger partial charge in [0, 0.05) is 12.0 Å². The zero-order valence-electron chi connectivity index (χ0n) is 15.0. The molecule has 1 heterocycles. The van der Waals surface area contributed by atoms with E-state index in [0.717, 1.165) is 5.56 Å². The van der Waals surface area contributed by atoms with Gasteiger partial charge in [-0.15, -0.1) is 0 Å². The van der Waals surface area contributed by atoms with Crippen LogP contribution in [-0.4, -0.2) is 36.6 Å². The van der Waals surface area contributed by atoms with E-state index in [-0.39, 0.29) is 37.6 Å². The van der Waals surface area contributed by atoms with Crippen molar-refractivity contribution in [2.75, 3.05) is 13.2 Å². The molecule has 0 spiro atoms. The lowest BCUT2D eigenvalue weighted by molar-refractivity contribution is -0.149. The predicted octanol–water partition coefficient (Wildman–Crippen LogP) is 2.81. The molecule has 1 aliphatic heterocycles. The van der Waals surface area contributed by atoms with Crippen molar-refractivity contribution in [2.24, 2.45) is 4.99 Å². The van der Waals surface area contributed by atoms with Crippen LogP contribution in [0.4, 0.5) is 5.69 Å². The number of ketones is 1. The van der Waals surface area contributed by atoms with E-state index in [4.69, 9.17) is 9.47 Å². The maximum atomic E-state index is 12.9. The Hall–Kier alpha value is -2.50. The molecule has 25 heavy (non-hydrogen) atoms. The molecule has 1 unspecified atom stereocenters. The monoisotopic (exact) mass is 345 g/mol. The molecule has 134 valence electrons. The summed E-state index contributed by atoms with van der Waals surface area (Å²) in [5.74, 6) is -1.31. The highest BCUT2D eigenvalue weighted by molar-refractivity contribution is 6.46. The van der Waals surface area contributed by atoms with Gasteiger partial charge < -0.3 is 14.3 Å². The molecule has 6 heteroatoms. The van der Waals surface area contributed by atoms with Gasteiger partial charge in [0.1, 0.15) is 16.9 Å². The third-order valence-corrected chi connectivity index (χ3v) is 4.19. The summed E-state index contributed by atoms with van der Waals surface area (Å²) in [6.07, 6.45) is 0.249. The molecular weight excluding hydrogens is 322 g/mol. The Labute approximate surface area is 147 Å². The number of carbonyl (C=O) groups excluding carboxylic acids is 3. The van der Waals surface area contributed by atoms with E-state index in [2.05, 4.69) is 4.99 Å². The van der Waals surface area contributed by atoms with Crippen molar-refractivity contribution in [2.45, 2.75) is 46.0 Å². The third kappa shape index (κ3) is 3.48.